The molecule has 156 valence electrons. The van der Waals surface area contributed by atoms with E-state index in [4.69, 9.17) is 9.47 Å². The molecule has 1 aromatic heterocycles. The van der Waals surface area contributed by atoms with Gasteiger partial charge in [-0.25, -0.2) is 0 Å². The van der Waals surface area contributed by atoms with Crippen molar-refractivity contribution in [3.8, 4) is 5.75 Å². The highest BCUT2D eigenvalue weighted by molar-refractivity contribution is 5.94. The third kappa shape index (κ3) is 4.75. The van der Waals surface area contributed by atoms with Crippen molar-refractivity contribution in [3.63, 3.8) is 0 Å². The van der Waals surface area contributed by atoms with E-state index in [1.165, 1.54) is 19.2 Å². The minimum atomic E-state index is -0.563. The van der Waals surface area contributed by atoms with Crippen LogP contribution in [0.25, 0.3) is 10.9 Å². The number of aromatic nitrogens is 1. The van der Waals surface area contributed by atoms with Crippen LogP contribution in [0.15, 0.2) is 42.6 Å². The standard InChI is InChI=1S/C21H21N3O6/c1-13-9-18(24(27)28)19(29-2)10-17(13)23-20(25)12-30-21(26)8-7-14-11-22-16-6-4-3-5-15(14)16/h3-6,9-11,22H,7-8,12H2,1-2H3,(H,23,25). The van der Waals surface area contributed by atoms with Crippen molar-refractivity contribution >= 4 is 34.2 Å². The van der Waals surface area contributed by atoms with Crippen molar-refractivity contribution in [1.82, 2.24) is 4.98 Å². The molecule has 0 atom stereocenters. The second-order valence-electron chi connectivity index (χ2n) is 6.66. The second-order valence-corrected chi connectivity index (χ2v) is 6.66. The minimum absolute atomic E-state index is 0.0247. The average Bonchev–Trinajstić information content (AvgIpc) is 3.15. The highest BCUT2D eigenvalue weighted by atomic mass is 16.6. The van der Waals surface area contributed by atoms with Crippen molar-refractivity contribution in [1.29, 1.82) is 0 Å². The summed E-state index contributed by atoms with van der Waals surface area (Å²) in [5, 5.41) is 14.7. The average molecular weight is 411 g/mol. The Morgan fingerprint density at radius 1 is 1.23 bits per heavy atom. The van der Waals surface area contributed by atoms with Crippen LogP contribution < -0.4 is 10.1 Å². The number of fused-ring (bicyclic) bond motifs is 1. The number of methoxy groups -OCH3 is 1. The Labute approximate surface area is 172 Å². The van der Waals surface area contributed by atoms with Crippen molar-refractivity contribution < 1.29 is 24.0 Å². The van der Waals surface area contributed by atoms with E-state index < -0.39 is 23.4 Å². The summed E-state index contributed by atoms with van der Waals surface area (Å²) in [6.45, 7) is 1.17. The normalized spacial score (nSPS) is 10.6. The number of nitrogens with zero attached hydrogens (tertiary/aromatic N) is 1. The second kappa shape index (κ2) is 9.08. The Balaban J connectivity index is 1.53. The molecule has 30 heavy (non-hydrogen) atoms. The fourth-order valence-corrected chi connectivity index (χ4v) is 3.09. The van der Waals surface area contributed by atoms with Gasteiger partial charge in [-0.05, 0) is 30.5 Å². The lowest BCUT2D eigenvalue weighted by atomic mass is 10.1. The zero-order valence-corrected chi connectivity index (χ0v) is 16.6. The Hall–Kier alpha value is -3.88. The van der Waals surface area contributed by atoms with Gasteiger partial charge in [0.15, 0.2) is 12.4 Å². The summed E-state index contributed by atoms with van der Waals surface area (Å²) in [5.74, 6) is -1.01. The molecule has 3 rings (SSSR count). The fourth-order valence-electron chi connectivity index (χ4n) is 3.09. The molecule has 0 saturated heterocycles. The van der Waals surface area contributed by atoms with Crippen LogP contribution in [0.5, 0.6) is 5.75 Å². The smallest absolute Gasteiger partial charge is 0.311 e. The van der Waals surface area contributed by atoms with Gasteiger partial charge in [-0.2, -0.15) is 0 Å². The molecule has 2 aromatic carbocycles. The van der Waals surface area contributed by atoms with Crippen molar-refractivity contribution in [2.75, 3.05) is 19.0 Å². The molecule has 0 bridgehead atoms. The number of carbonyl (C=O) groups is 2. The van der Waals surface area contributed by atoms with Gasteiger partial charge in [0.05, 0.1) is 12.0 Å². The number of benzene rings is 2. The maximum absolute atomic E-state index is 12.1. The lowest BCUT2D eigenvalue weighted by molar-refractivity contribution is -0.385. The number of anilines is 1. The number of amides is 1. The topological polar surface area (TPSA) is 124 Å². The highest BCUT2D eigenvalue weighted by Crippen LogP contribution is 2.32. The van der Waals surface area contributed by atoms with Crippen LogP contribution in [0, 0.1) is 17.0 Å². The monoisotopic (exact) mass is 411 g/mol. The number of ether oxygens (including phenoxy) is 2. The predicted molar refractivity (Wildman–Crippen MR) is 111 cm³/mol. The molecule has 3 aromatic rings. The molecular weight excluding hydrogens is 390 g/mol. The Morgan fingerprint density at radius 2 is 2.00 bits per heavy atom. The van der Waals surface area contributed by atoms with E-state index in [1.807, 2.05) is 30.5 Å². The molecule has 0 radical (unpaired) electrons. The minimum Gasteiger partial charge on any atom is -0.490 e. The third-order valence-corrected chi connectivity index (χ3v) is 4.63. The number of carbonyl (C=O) groups excluding carboxylic acids is 2. The maximum atomic E-state index is 12.1. The zero-order chi connectivity index (χ0) is 21.7. The molecule has 2 N–H and O–H groups in total. The van der Waals surface area contributed by atoms with Crippen LogP contribution in [-0.4, -0.2) is 35.5 Å². The quantitative estimate of drug-likeness (QED) is 0.332. The summed E-state index contributed by atoms with van der Waals surface area (Å²) >= 11 is 0. The van der Waals surface area contributed by atoms with Crippen molar-refractivity contribution in [2.24, 2.45) is 0 Å². The summed E-state index contributed by atoms with van der Waals surface area (Å²) < 4.78 is 10.0. The van der Waals surface area contributed by atoms with E-state index in [1.54, 1.807) is 6.92 Å². The summed E-state index contributed by atoms with van der Waals surface area (Å²) in [5.41, 5.74) is 2.63. The molecule has 0 aliphatic heterocycles. The first-order chi connectivity index (χ1) is 14.4. The summed E-state index contributed by atoms with van der Waals surface area (Å²) in [7, 11) is 1.30. The lowest BCUT2D eigenvalue weighted by Gasteiger charge is -2.11. The molecule has 9 nitrogen and oxygen atoms in total. The Kier molecular flexibility index (Phi) is 6.31. The molecule has 0 saturated carbocycles. The number of rotatable bonds is 8. The molecule has 0 unspecified atom stereocenters. The van der Waals surface area contributed by atoms with Crippen LogP contribution in [0.1, 0.15) is 17.5 Å². The number of nitro groups is 1. The predicted octanol–water partition coefficient (Wildman–Crippen LogP) is 3.51. The summed E-state index contributed by atoms with van der Waals surface area (Å²) in [6, 6.07) is 10.5. The van der Waals surface area contributed by atoms with E-state index in [0.717, 1.165) is 16.5 Å². The van der Waals surface area contributed by atoms with Gasteiger partial charge in [0.2, 0.25) is 0 Å². The van der Waals surface area contributed by atoms with E-state index in [-0.39, 0.29) is 17.9 Å². The number of para-hydroxylation sites is 1. The van der Waals surface area contributed by atoms with Crippen LogP contribution in [0.2, 0.25) is 0 Å². The number of aromatic amines is 1. The van der Waals surface area contributed by atoms with Gasteiger partial charge in [-0.15, -0.1) is 0 Å². The Bertz CT molecular complexity index is 1110. The van der Waals surface area contributed by atoms with Crippen molar-refractivity contribution in [2.45, 2.75) is 19.8 Å². The number of nitro benzene ring substituents is 1. The first-order valence-corrected chi connectivity index (χ1v) is 9.22. The SMILES string of the molecule is COc1cc(NC(=O)COC(=O)CCc2c[nH]c3ccccc23)c(C)cc1[N+](=O)[O-]. The molecule has 1 amide bonds. The molecule has 9 heteroatoms. The van der Waals surface area contributed by atoms with Gasteiger partial charge in [-0.1, -0.05) is 18.2 Å². The lowest BCUT2D eigenvalue weighted by Crippen LogP contribution is -2.21. The van der Waals surface area contributed by atoms with Crippen LogP contribution in [0.3, 0.4) is 0 Å². The van der Waals surface area contributed by atoms with Gasteiger partial charge in [0.1, 0.15) is 0 Å². The van der Waals surface area contributed by atoms with E-state index in [0.29, 0.717) is 17.7 Å². The zero-order valence-electron chi connectivity index (χ0n) is 16.6. The van der Waals surface area contributed by atoms with Gasteiger partial charge in [-0.3, -0.25) is 19.7 Å². The first-order valence-electron chi connectivity index (χ1n) is 9.22. The van der Waals surface area contributed by atoms with Crippen LogP contribution >= 0.6 is 0 Å². The number of esters is 1. The largest absolute Gasteiger partial charge is 0.490 e. The number of aryl methyl sites for hydroxylation is 2. The van der Waals surface area contributed by atoms with Crippen LogP contribution in [-0.2, 0) is 20.7 Å². The first kappa shape index (κ1) is 20.8. The van der Waals surface area contributed by atoms with E-state index in [2.05, 4.69) is 10.3 Å². The van der Waals surface area contributed by atoms with Gasteiger partial charge in [0, 0.05) is 41.3 Å². The summed E-state index contributed by atoms with van der Waals surface area (Å²) in [6.07, 6.45) is 2.48. The highest BCUT2D eigenvalue weighted by Gasteiger charge is 2.19. The number of hydrogen-bond donors (Lipinski definition) is 2. The maximum Gasteiger partial charge on any atom is 0.311 e. The third-order valence-electron chi connectivity index (χ3n) is 4.63. The number of hydrogen-bond acceptors (Lipinski definition) is 6. The number of nitrogens with one attached hydrogen (secondary N) is 2. The molecule has 0 aliphatic rings. The summed E-state index contributed by atoms with van der Waals surface area (Å²) in [4.78, 5) is 37.8. The van der Waals surface area contributed by atoms with E-state index in [9.17, 15) is 19.7 Å². The Morgan fingerprint density at radius 3 is 2.73 bits per heavy atom. The molecular formula is C21H21N3O6. The molecule has 1 heterocycles. The van der Waals surface area contributed by atoms with Crippen LogP contribution in [0.4, 0.5) is 11.4 Å². The number of H-pyrrole nitrogens is 1. The van der Waals surface area contributed by atoms with Gasteiger partial charge < -0.3 is 19.8 Å². The van der Waals surface area contributed by atoms with Gasteiger partial charge >= 0.3 is 11.7 Å². The van der Waals surface area contributed by atoms with E-state index >= 15 is 0 Å². The van der Waals surface area contributed by atoms with Crippen molar-refractivity contribution in [3.05, 3.63) is 63.8 Å². The molecule has 0 aliphatic carbocycles. The van der Waals surface area contributed by atoms with Gasteiger partial charge in [0.25, 0.3) is 5.91 Å². The molecule has 0 spiro atoms. The molecule has 0 fully saturated rings. The fraction of sp³-hybridized carbons (Fsp3) is 0.238.